The highest BCUT2D eigenvalue weighted by Crippen LogP contribution is 2.19. The lowest BCUT2D eigenvalue weighted by Gasteiger charge is -2.34. The summed E-state index contributed by atoms with van der Waals surface area (Å²) >= 11 is 2.71. The third-order valence-corrected chi connectivity index (χ3v) is 6.31. The van der Waals surface area contributed by atoms with Crippen LogP contribution >= 0.6 is 22.7 Å². The molecule has 4 heterocycles. The molecule has 1 saturated heterocycles. The second kappa shape index (κ2) is 8.85. The number of carbonyl (C=O) groups excluding carboxylic acids is 2. The summed E-state index contributed by atoms with van der Waals surface area (Å²) in [5.41, 5.74) is 1.56. The molecule has 1 aliphatic heterocycles. The van der Waals surface area contributed by atoms with Crippen LogP contribution in [0.2, 0.25) is 0 Å². The molecular weight excluding hydrogens is 410 g/mol. The molecule has 0 spiro atoms. The SMILES string of the molecule is Cc1cc(CN2CCN(C(=O)Cc3csc(NC(=O)c4cccs4)n3)CC2)on1. The van der Waals surface area contributed by atoms with Crippen molar-refractivity contribution in [3.8, 4) is 0 Å². The van der Waals surface area contributed by atoms with Crippen LogP contribution in [-0.4, -0.2) is 57.9 Å². The molecule has 0 bridgehead atoms. The zero-order valence-corrected chi connectivity index (χ0v) is 17.6. The summed E-state index contributed by atoms with van der Waals surface area (Å²) in [6.45, 7) is 5.56. The van der Waals surface area contributed by atoms with E-state index in [1.165, 1.54) is 22.7 Å². The molecule has 1 aliphatic rings. The van der Waals surface area contributed by atoms with E-state index in [0.717, 1.165) is 24.5 Å². The maximum Gasteiger partial charge on any atom is 0.267 e. The summed E-state index contributed by atoms with van der Waals surface area (Å²) in [5.74, 6) is 0.730. The van der Waals surface area contributed by atoms with Crippen molar-refractivity contribution >= 4 is 39.6 Å². The van der Waals surface area contributed by atoms with Crippen molar-refractivity contribution in [2.75, 3.05) is 31.5 Å². The summed E-state index contributed by atoms with van der Waals surface area (Å²) in [6.07, 6.45) is 0.243. The normalized spacial score (nSPS) is 14.9. The van der Waals surface area contributed by atoms with E-state index in [4.69, 9.17) is 4.52 Å². The number of piperazine rings is 1. The standard InChI is InChI=1S/C19H21N5O3S2/c1-13-9-15(27-22-13)11-23-4-6-24(7-5-23)17(25)10-14-12-29-19(20-14)21-18(26)16-3-2-8-28-16/h2-3,8-9,12H,4-7,10-11H2,1H3,(H,20,21,26). The van der Waals surface area contributed by atoms with Crippen LogP contribution in [0, 0.1) is 6.92 Å². The van der Waals surface area contributed by atoms with Crippen molar-refractivity contribution < 1.29 is 14.1 Å². The Labute approximate surface area is 176 Å². The molecule has 29 heavy (non-hydrogen) atoms. The third-order valence-electron chi connectivity index (χ3n) is 4.63. The molecule has 3 aromatic heterocycles. The van der Waals surface area contributed by atoms with Gasteiger partial charge in [-0.25, -0.2) is 4.98 Å². The topological polar surface area (TPSA) is 91.6 Å². The molecule has 4 rings (SSSR count). The van der Waals surface area contributed by atoms with E-state index in [1.54, 1.807) is 6.07 Å². The Morgan fingerprint density at radius 2 is 2.07 bits per heavy atom. The van der Waals surface area contributed by atoms with E-state index >= 15 is 0 Å². The quantitative estimate of drug-likeness (QED) is 0.645. The lowest BCUT2D eigenvalue weighted by atomic mass is 10.2. The Morgan fingerprint density at radius 3 is 2.76 bits per heavy atom. The monoisotopic (exact) mass is 431 g/mol. The first-order valence-electron chi connectivity index (χ1n) is 9.28. The lowest BCUT2D eigenvalue weighted by molar-refractivity contribution is -0.132. The fourth-order valence-electron chi connectivity index (χ4n) is 3.15. The van der Waals surface area contributed by atoms with Gasteiger partial charge in [-0.2, -0.15) is 0 Å². The number of rotatable bonds is 6. The summed E-state index contributed by atoms with van der Waals surface area (Å²) < 4.78 is 5.27. The number of hydrogen-bond donors (Lipinski definition) is 1. The fraction of sp³-hybridized carbons (Fsp3) is 0.368. The first-order valence-corrected chi connectivity index (χ1v) is 11.0. The second-order valence-electron chi connectivity index (χ2n) is 6.84. The summed E-state index contributed by atoms with van der Waals surface area (Å²) in [6, 6.07) is 5.54. The van der Waals surface area contributed by atoms with E-state index in [9.17, 15) is 9.59 Å². The maximum atomic E-state index is 12.6. The number of aromatic nitrogens is 2. The lowest BCUT2D eigenvalue weighted by Crippen LogP contribution is -2.48. The second-order valence-corrected chi connectivity index (χ2v) is 8.65. The van der Waals surface area contributed by atoms with Crippen molar-refractivity contribution in [2.24, 2.45) is 0 Å². The Bertz CT molecular complexity index is 974. The van der Waals surface area contributed by atoms with E-state index in [0.29, 0.717) is 35.3 Å². The Morgan fingerprint density at radius 1 is 1.24 bits per heavy atom. The highest BCUT2D eigenvalue weighted by molar-refractivity contribution is 7.14. The van der Waals surface area contributed by atoms with E-state index < -0.39 is 0 Å². The van der Waals surface area contributed by atoms with Crippen LogP contribution in [0.5, 0.6) is 0 Å². The molecule has 0 radical (unpaired) electrons. The molecule has 1 N–H and O–H groups in total. The van der Waals surface area contributed by atoms with Gasteiger partial charge in [-0.1, -0.05) is 11.2 Å². The number of nitrogens with one attached hydrogen (secondary N) is 1. The first-order chi connectivity index (χ1) is 14.1. The Kier molecular flexibility index (Phi) is 6.02. The number of thiophene rings is 1. The average Bonchev–Trinajstić information content (AvgIpc) is 3.45. The first kappa shape index (κ1) is 19.7. The highest BCUT2D eigenvalue weighted by Gasteiger charge is 2.23. The number of nitrogens with zero attached hydrogens (tertiary/aromatic N) is 4. The highest BCUT2D eigenvalue weighted by atomic mass is 32.1. The molecule has 0 unspecified atom stereocenters. The van der Waals surface area contributed by atoms with E-state index in [-0.39, 0.29) is 18.2 Å². The Hall–Kier alpha value is -2.56. The van der Waals surface area contributed by atoms with E-state index in [1.807, 2.05) is 34.7 Å². The molecule has 0 aliphatic carbocycles. The molecular formula is C19H21N5O3S2. The van der Waals surface area contributed by atoms with Crippen LogP contribution < -0.4 is 5.32 Å². The number of aryl methyl sites for hydroxylation is 1. The minimum Gasteiger partial charge on any atom is -0.360 e. The average molecular weight is 432 g/mol. The predicted molar refractivity (Wildman–Crippen MR) is 111 cm³/mol. The smallest absolute Gasteiger partial charge is 0.267 e. The molecule has 152 valence electrons. The molecule has 8 nitrogen and oxygen atoms in total. The van der Waals surface area contributed by atoms with E-state index in [2.05, 4.69) is 20.4 Å². The van der Waals surface area contributed by atoms with Gasteiger partial charge in [0.25, 0.3) is 5.91 Å². The molecule has 10 heteroatoms. The molecule has 0 saturated carbocycles. The minimum atomic E-state index is -0.176. The molecule has 0 atom stereocenters. The largest absolute Gasteiger partial charge is 0.360 e. The van der Waals surface area contributed by atoms with Crippen LogP contribution in [0.4, 0.5) is 5.13 Å². The van der Waals surface area contributed by atoms with Crippen LogP contribution in [0.15, 0.2) is 33.5 Å². The Balaban J connectivity index is 1.25. The van der Waals surface area contributed by atoms with Crippen LogP contribution in [-0.2, 0) is 17.8 Å². The van der Waals surface area contributed by atoms with Crippen molar-refractivity contribution in [1.29, 1.82) is 0 Å². The zero-order valence-electron chi connectivity index (χ0n) is 16.0. The zero-order chi connectivity index (χ0) is 20.2. The summed E-state index contributed by atoms with van der Waals surface area (Å²) in [7, 11) is 0. The van der Waals surface area contributed by atoms with Crippen LogP contribution in [0.3, 0.4) is 0 Å². The summed E-state index contributed by atoms with van der Waals surface area (Å²) in [4.78, 5) is 33.8. The van der Waals surface area contributed by atoms with Crippen molar-refractivity contribution in [3.63, 3.8) is 0 Å². The number of anilines is 1. The summed E-state index contributed by atoms with van der Waals surface area (Å²) in [5, 5.41) is 10.9. The van der Waals surface area contributed by atoms with Crippen LogP contribution in [0.25, 0.3) is 0 Å². The van der Waals surface area contributed by atoms with Gasteiger partial charge in [0.2, 0.25) is 5.91 Å². The molecule has 2 amide bonds. The van der Waals surface area contributed by atoms with Crippen molar-refractivity contribution in [3.05, 3.63) is 51.0 Å². The van der Waals surface area contributed by atoms with Gasteiger partial charge >= 0.3 is 0 Å². The number of carbonyl (C=O) groups is 2. The molecule has 0 aromatic carbocycles. The van der Waals surface area contributed by atoms with Gasteiger partial charge in [0.1, 0.15) is 0 Å². The van der Waals surface area contributed by atoms with Gasteiger partial charge in [-0.3, -0.25) is 19.8 Å². The van der Waals surface area contributed by atoms with Gasteiger partial charge < -0.3 is 9.42 Å². The third kappa shape index (κ3) is 5.08. The number of amides is 2. The number of hydrogen-bond acceptors (Lipinski definition) is 8. The van der Waals surface area contributed by atoms with Crippen molar-refractivity contribution in [2.45, 2.75) is 19.9 Å². The van der Waals surface area contributed by atoms with Gasteiger partial charge in [-0.15, -0.1) is 22.7 Å². The number of thiazole rings is 1. The maximum absolute atomic E-state index is 12.6. The van der Waals surface area contributed by atoms with Gasteiger partial charge in [0.15, 0.2) is 10.9 Å². The molecule has 3 aromatic rings. The van der Waals surface area contributed by atoms with Crippen molar-refractivity contribution in [1.82, 2.24) is 19.9 Å². The van der Waals surface area contributed by atoms with Gasteiger partial charge in [0.05, 0.1) is 29.2 Å². The van der Waals surface area contributed by atoms with Crippen LogP contribution in [0.1, 0.15) is 26.8 Å². The van der Waals surface area contributed by atoms with Gasteiger partial charge in [-0.05, 0) is 18.4 Å². The molecule has 1 fully saturated rings. The van der Waals surface area contributed by atoms with Gasteiger partial charge in [0, 0.05) is 37.6 Å². The minimum absolute atomic E-state index is 0.0570. The fourth-order valence-corrected chi connectivity index (χ4v) is 4.47. The predicted octanol–water partition coefficient (Wildman–Crippen LogP) is 2.64.